The van der Waals surface area contributed by atoms with Gasteiger partial charge in [0.15, 0.2) is 0 Å². The number of aliphatic carboxylic acids is 1. The van der Waals surface area contributed by atoms with Crippen LogP contribution in [0.3, 0.4) is 0 Å². The molecule has 0 aliphatic heterocycles. The molecule has 0 spiro atoms. The van der Waals surface area contributed by atoms with E-state index in [4.69, 9.17) is 33.0 Å². The van der Waals surface area contributed by atoms with Crippen molar-refractivity contribution in [1.29, 1.82) is 0 Å². The summed E-state index contributed by atoms with van der Waals surface area (Å²) >= 11 is 14.1. The summed E-state index contributed by atoms with van der Waals surface area (Å²) in [6, 6.07) is 16.6. The topological polar surface area (TPSA) is 80.6 Å². The van der Waals surface area contributed by atoms with Crippen LogP contribution < -0.4 is 10.2 Å². The molecule has 9 heteroatoms. The molecule has 2 aromatic heterocycles. The number of thiophene rings is 1. The second kappa shape index (κ2) is 9.24. The molecule has 2 aromatic carbocycles. The average Bonchev–Trinajstić information content (AvgIpc) is 3.34. The lowest BCUT2D eigenvalue weighted by molar-refractivity contribution is -0.136. The summed E-state index contributed by atoms with van der Waals surface area (Å²) in [6.45, 7) is 0. The van der Waals surface area contributed by atoms with Gasteiger partial charge < -0.3 is 9.84 Å². The Bertz CT molecular complexity index is 1310. The Morgan fingerprint density at radius 3 is 2.50 bits per heavy atom. The van der Waals surface area contributed by atoms with Gasteiger partial charge in [0.25, 0.3) is 5.91 Å². The Kier molecular flexibility index (Phi) is 6.41. The van der Waals surface area contributed by atoms with Crippen LogP contribution in [0.15, 0.2) is 54.6 Å². The van der Waals surface area contributed by atoms with Crippen molar-refractivity contribution in [3.63, 3.8) is 0 Å². The Hall–Kier alpha value is -3.00. The van der Waals surface area contributed by atoms with Gasteiger partial charge in [-0.3, -0.25) is 19.7 Å². The van der Waals surface area contributed by atoms with Crippen LogP contribution in [0.2, 0.25) is 10.0 Å². The van der Waals surface area contributed by atoms with Crippen LogP contribution in [0, 0.1) is 0 Å². The minimum atomic E-state index is -0.915. The largest absolute Gasteiger partial charge is 0.495 e. The van der Waals surface area contributed by atoms with Gasteiger partial charge in [-0.2, -0.15) is 0 Å². The van der Waals surface area contributed by atoms with Gasteiger partial charge in [-0.25, -0.2) is 0 Å². The number of benzene rings is 2. The molecule has 0 saturated heterocycles. The highest BCUT2D eigenvalue weighted by molar-refractivity contribution is 7.22. The Labute approximate surface area is 197 Å². The number of halogens is 2. The Balaban J connectivity index is 1.74. The van der Waals surface area contributed by atoms with Crippen LogP contribution in [0.4, 0.5) is 0 Å². The molecule has 2 heterocycles. The van der Waals surface area contributed by atoms with Crippen molar-refractivity contribution in [1.82, 2.24) is 4.68 Å². The first kappa shape index (κ1) is 22.2. The fourth-order valence-corrected chi connectivity index (χ4v) is 5.20. The van der Waals surface area contributed by atoms with Gasteiger partial charge in [-0.05, 0) is 24.3 Å². The highest BCUT2D eigenvalue weighted by atomic mass is 35.5. The molecule has 4 rings (SSSR count). The van der Waals surface area contributed by atoms with E-state index in [0.717, 1.165) is 11.3 Å². The van der Waals surface area contributed by atoms with Crippen molar-refractivity contribution in [3.05, 3.63) is 75.2 Å². The summed E-state index contributed by atoms with van der Waals surface area (Å²) in [5, 5.41) is 10.5. The smallest absolute Gasteiger partial charge is 0.303 e. The molecule has 2 N–H and O–H groups in total. The monoisotopic (exact) mass is 488 g/mol. The molecule has 1 amide bonds. The van der Waals surface area contributed by atoms with E-state index >= 15 is 0 Å². The molecule has 4 aromatic rings. The first-order valence-corrected chi connectivity index (χ1v) is 11.2. The van der Waals surface area contributed by atoms with Crippen molar-refractivity contribution >= 4 is 56.5 Å². The standard InChI is InChI=1S/C23H18Cl2N2O4S/c1-31-17-11-9-15-19(24)22(32-21(15)20(17)25)23(30)26-27-14(8-12-18(28)29)7-10-16(27)13-5-3-2-4-6-13/h2-7,9-11H,8,12H2,1H3,(H,26,30)(H,28,29). The number of methoxy groups -OCH3 is 1. The number of aromatic nitrogens is 1. The molecule has 0 aliphatic carbocycles. The highest BCUT2D eigenvalue weighted by Gasteiger charge is 2.22. The van der Waals surface area contributed by atoms with Crippen molar-refractivity contribution < 1.29 is 19.4 Å². The first-order chi connectivity index (χ1) is 15.4. The number of carboxylic acids is 1. The second-order valence-electron chi connectivity index (χ2n) is 6.95. The number of nitrogens with zero attached hydrogens (tertiary/aromatic N) is 1. The van der Waals surface area contributed by atoms with E-state index in [-0.39, 0.29) is 12.8 Å². The van der Waals surface area contributed by atoms with Gasteiger partial charge in [0.1, 0.15) is 15.6 Å². The number of amides is 1. The molecule has 0 fully saturated rings. The molecular weight excluding hydrogens is 471 g/mol. The minimum Gasteiger partial charge on any atom is -0.495 e. The maximum Gasteiger partial charge on any atom is 0.303 e. The van der Waals surface area contributed by atoms with Gasteiger partial charge in [0.2, 0.25) is 0 Å². The fourth-order valence-electron chi connectivity index (χ4n) is 3.41. The second-order valence-corrected chi connectivity index (χ2v) is 8.73. The lowest BCUT2D eigenvalue weighted by Gasteiger charge is -2.14. The van der Waals surface area contributed by atoms with E-state index in [2.05, 4.69) is 5.43 Å². The summed E-state index contributed by atoms with van der Waals surface area (Å²) in [5.74, 6) is -0.838. The third kappa shape index (κ3) is 4.19. The van der Waals surface area contributed by atoms with E-state index < -0.39 is 11.9 Å². The quantitative estimate of drug-likeness (QED) is 0.330. The Morgan fingerprint density at radius 1 is 1.06 bits per heavy atom. The zero-order valence-electron chi connectivity index (χ0n) is 16.9. The van der Waals surface area contributed by atoms with Crippen LogP contribution in [0.1, 0.15) is 21.8 Å². The number of aryl methyl sites for hydroxylation is 1. The molecule has 0 saturated carbocycles. The zero-order chi connectivity index (χ0) is 22.8. The van der Waals surface area contributed by atoms with Crippen molar-refractivity contribution in [3.8, 4) is 17.0 Å². The number of fused-ring (bicyclic) bond motifs is 1. The molecule has 164 valence electrons. The number of ether oxygens (including phenoxy) is 1. The van der Waals surface area contributed by atoms with Gasteiger partial charge in [-0.15, -0.1) is 11.3 Å². The summed E-state index contributed by atoms with van der Waals surface area (Å²) in [6.07, 6.45) is 0.193. The predicted octanol–water partition coefficient (Wildman–Crippen LogP) is 6.09. The number of carboxylic acid groups (broad SMARTS) is 1. The summed E-state index contributed by atoms with van der Waals surface area (Å²) in [4.78, 5) is 24.6. The number of carbonyl (C=O) groups excluding carboxylic acids is 1. The van der Waals surface area contributed by atoms with E-state index in [1.807, 2.05) is 36.4 Å². The lowest BCUT2D eigenvalue weighted by atomic mass is 10.2. The van der Waals surface area contributed by atoms with Gasteiger partial charge in [0.05, 0.1) is 28.9 Å². The maximum atomic E-state index is 13.2. The predicted molar refractivity (Wildman–Crippen MR) is 128 cm³/mol. The van der Waals surface area contributed by atoms with Gasteiger partial charge >= 0.3 is 5.97 Å². The first-order valence-electron chi connectivity index (χ1n) is 9.64. The normalized spacial score (nSPS) is 11.0. The van der Waals surface area contributed by atoms with Crippen molar-refractivity contribution in [2.75, 3.05) is 12.5 Å². The van der Waals surface area contributed by atoms with Crippen LogP contribution in [-0.4, -0.2) is 28.8 Å². The van der Waals surface area contributed by atoms with Gasteiger partial charge in [-0.1, -0.05) is 53.5 Å². The van der Waals surface area contributed by atoms with Crippen LogP contribution >= 0.6 is 34.5 Å². The lowest BCUT2D eigenvalue weighted by Crippen LogP contribution is -2.25. The van der Waals surface area contributed by atoms with Gasteiger partial charge in [0, 0.05) is 23.1 Å². The molecule has 6 nitrogen and oxygen atoms in total. The number of carbonyl (C=O) groups is 2. The van der Waals surface area contributed by atoms with Crippen LogP contribution in [-0.2, 0) is 11.2 Å². The summed E-state index contributed by atoms with van der Waals surface area (Å²) < 4.78 is 7.52. The molecule has 0 bridgehead atoms. The third-order valence-electron chi connectivity index (χ3n) is 4.97. The third-order valence-corrected chi connectivity index (χ3v) is 7.18. The average molecular weight is 489 g/mol. The maximum absolute atomic E-state index is 13.2. The molecule has 0 radical (unpaired) electrons. The van der Waals surface area contributed by atoms with Crippen LogP contribution in [0.5, 0.6) is 5.75 Å². The molecule has 0 unspecified atom stereocenters. The van der Waals surface area contributed by atoms with Crippen LogP contribution in [0.25, 0.3) is 21.3 Å². The molecule has 0 atom stereocenters. The van der Waals surface area contributed by atoms with E-state index in [1.165, 1.54) is 18.4 Å². The summed E-state index contributed by atoms with van der Waals surface area (Å²) in [7, 11) is 1.52. The highest BCUT2D eigenvalue weighted by Crippen LogP contribution is 2.43. The minimum absolute atomic E-state index is 0.0623. The van der Waals surface area contributed by atoms with E-state index in [9.17, 15) is 9.59 Å². The SMILES string of the molecule is COc1ccc2c(Cl)c(C(=O)Nn3c(CCC(=O)O)ccc3-c3ccccc3)sc2c1Cl. The number of nitrogens with one attached hydrogen (secondary N) is 1. The van der Waals surface area contributed by atoms with Crippen molar-refractivity contribution in [2.24, 2.45) is 0 Å². The molecule has 0 aliphatic rings. The zero-order valence-corrected chi connectivity index (χ0v) is 19.2. The number of hydrogen-bond acceptors (Lipinski definition) is 4. The van der Waals surface area contributed by atoms with E-state index in [0.29, 0.717) is 36.5 Å². The fraction of sp³-hybridized carbons (Fsp3) is 0.130. The summed E-state index contributed by atoms with van der Waals surface area (Å²) in [5.41, 5.74) is 5.16. The van der Waals surface area contributed by atoms with Crippen molar-refractivity contribution in [2.45, 2.75) is 12.8 Å². The molecule has 32 heavy (non-hydrogen) atoms. The number of rotatable bonds is 7. The number of hydrogen-bond donors (Lipinski definition) is 2. The Morgan fingerprint density at radius 2 is 1.81 bits per heavy atom. The molecular formula is C23H18Cl2N2O4S. The van der Waals surface area contributed by atoms with E-state index in [1.54, 1.807) is 22.9 Å².